The predicted octanol–water partition coefficient (Wildman–Crippen LogP) is 5.83. The Hall–Kier alpha value is -3.46. The number of carbonyl (C=O) groups is 1. The molecule has 0 spiro atoms. The molecule has 4 rings (SSSR count). The summed E-state index contributed by atoms with van der Waals surface area (Å²) in [4.78, 5) is 24.1. The maximum atomic E-state index is 14.4. The molecule has 0 fully saturated rings. The third-order valence-electron chi connectivity index (χ3n) is 6.12. The fourth-order valence-corrected chi connectivity index (χ4v) is 4.90. The molecule has 0 bridgehead atoms. The fourth-order valence-electron chi connectivity index (χ4n) is 4.10. The van der Waals surface area contributed by atoms with Crippen molar-refractivity contribution < 1.29 is 13.6 Å². The molecule has 1 aromatic heterocycles. The first-order chi connectivity index (χ1) is 18.4. The predicted molar refractivity (Wildman–Crippen MR) is 148 cm³/mol. The van der Waals surface area contributed by atoms with E-state index in [1.54, 1.807) is 29.6 Å². The lowest BCUT2D eigenvalue weighted by atomic mass is 10.1. The number of carbonyl (C=O) groups excluding carboxylic acids is 1. The molecule has 0 aliphatic rings. The molecular weight excluding hydrogens is 502 g/mol. The van der Waals surface area contributed by atoms with E-state index in [0.717, 1.165) is 22.7 Å². The summed E-state index contributed by atoms with van der Waals surface area (Å²) in [5.41, 5.74) is 2.95. The summed E-state index contributed by atoms with van der Waals surface area (Å²) in [5, 5.41) is 2.56. The number of hydrogen-bond acceptors (Lipinski definition) is 5. The highest BCUT2D eigenvalue weighted by Crippen LogP contribution is 2.20. The number of halogens is 2. The second-order valence-corrected chi connectivity index (χ2v) is 10.4. The zero-order valence-corrected chi connectivity index (χ0v) is 22.5. The van der Waals surface area contributed by atoms with Gasteiger partial charge in [-0.2, -0.15) is 0 Å². The Kier molecular flexibility index (Phi) is 9.70. The van der Waals surface area contributed by atoms with Gasteiger partial charge in [0.05, 0.1) is 6.54 Å². The lowest BCUT2D eigenvalue weighted by Gasteiger charge is -2.24. The van der Waals surface area contributed by atoms with Gasteiger partial charge in [-0.1, -0.05) is 60.7 Å². The topological polar surface area (TPSA) is 39.7 Å². The average molecular weight is 535 g/mol. The highest BCUT2D eigenvalue weighted by Gasteiger charge is 2.21. The van der Waals surface area contributed by atoms with E-state index in [4.69, 9.17) is 0 Å². The molecule has 8 heteroatoms. The molecule has 198 valence electrons. The molecule has 38 heavy (non-hydrogen) atoms. The van der Waals surface area contributed by atoms with Crippen LogP contribution in [0.5, 0.6) is 0 Å². The summed E-state index contributed by atoms with van der Waals surface area (Å²) < 4.78 is 27.9. The lowest BCUT2D eigenvalue weighted by molar-refractivity contribution is 0.0726. The SMILES string of the molecule is CN(C)CCN(Cc1ccccc1)C(=O)c1csc(CN(Cc2ccc(F)cc2)Cc2ccccc2F)n1. The van der Waals surface area contributed by atoms with E-state index in [0.29, 0.717) is 44.0 Å². The van der Waals surface area contributed by atoms with E-state index >= 15 is 0 Å². The number of likely N-dealkylation sites (N-methyl/N-ethyl adjacent to an activating group) is 1. The second-order valence-electron chi connectivity index (χ2n) is 9.51. The maximum Gasteiger partial charge on any atom is 0.273 e. The first kappa shape index (κ1) is 27.6. The van der Waals surface area contributed by atoms with Gasteiger partial charge < -0.3 is 9.80 Å². The molecular formula is C30H32F2N4OS. The Labute approximate surface area is 227 Å². The quantitative estimate of drug-likeness (QED) is 0.229. The van der Waals surface area contributed by atoms with Crippen LogP contribution in [0.1, 0.15) is 32.2 Å². The fraction of sp³-hybridized carbons (Fsp3) is 0.267. The van der Waals surface area contributed by atoms with Crippen molar-refractivity contribution in [2.24, 2.45) is 0 Å². The zero-order valence-electron chi connectivity index (χ0n) is 21.7. The van der Waals surface area contributed by atoms with Crippen LogP contribution < -0.4 is 0 Å². The summed E-state index contributed by atoms with van der Waals surface area (Å²) in [5.74, 6) is -0.687. The van der Waals surface area contributed by atoms with Crippen LogP contribution in [0.4, 0.5) is 8.78 Å². The van der Waals surface area contributed by atoms with Crippen molar-refractivity contribution in [1.29, 1.82) is 0 Å². The molecule has 0 aliphatic heterocycles. The van der Waals surface area contributed by atoms with E-state index in [-0.39, 0.29) is 17.5 Å². The van der Waals surface area contributed by atoms with Crippen molar-refractivity contribution in [3.63, 3.8) is 0 Å². The number of hydrogen-bond donors (Lipinski definition) is 0. The number of thiazole rings is 1. The van der Waals surface area contributed by atoms with Gasteiger partial charge in [0.1, 0.15) is 22.3 Å². The Morgan fingerprint density at radius 2 is 1.47 bits per heavy atom. The highest BCUT2D eigenvalue weighted by atomic mass is 32.1. The lowest BCUT2D eigenvalue weighted by Crippen LogP contribution is -2.36. The molecule has 1 heterocycles. The third-order valence-corrected chi connectivity index (χ3v) is 6.96. The normalized spacial score (nSPS) is 11.3. The summed E-state index contributed by atoms with van der Waals surface area (Å²) in [6.45, 7) is 3.10. The van der Waals surface area contributed by atoms with Gasteiger partial charge in [0.15, 0.2) is 0 Å². The molecule has 0 unspecified atom stereocenters. The molecule has 0 radical (unpaired) electrons. The van der Waals surface area contributed by atoms with Gasteiger partial charge in [-0.3, -0.25) is 9.69 Å². The minimum atomic E-state index is -0.299. The van der Waals surface area contributed by atoms with E-state index in [1.165, 1.54) is 29.5 Å². The monoisotopic (exact) mass is 534 g/mol. The zero-order chi connectivity index (χ0) is 26.9. The van der Waals surface area contributed by atoms with Crippen LogP contribution in [0.3, 0.4) is 0 Å². The summed E-state index contributed by atoms with van der Waals surface area (Å²) >= 11 is 1.42. The van der Waals surface area contributed by atoms with Crippen molar-refractivity contribution in [1.82, 2.24) is 19.7 Å². The largest absolute Gasteiger partial charge is 0.332 e. The highest BCUT2D eigenvalue weighted by molar-refractivity contribution is 7.09. The van der Waals surface area contributed by atoms with E-state index in [1.807, 2.05) is 65.2 Å². The van der Waals surface area contributed by atoms with Crippen LogP contribution in [-0.2, 0) is 26.2 Å². The van der Waals surface area contributed by atoms with Crippen molar-refractivity contribution >= 4 is 17.2 Å². The van der Waals surface area contributed by atoms with Crippen LogP contribution in [0.25, 0.3) is 0 Å². The number of amides is 1. The van der Waals surface area contributed by atoms with Crippen molar-refractivity contribution in [2.75, 3.05) is 27.2 Å². The maximum absolute atomic E-state index is 14.4. The van der Waals surface area contributed by atoms with Gasteiger partial charge in [-0.05, 0) is 43.4 Å². The third kappa shape index (κ3) is 8.02. The van der Waals surface area contributed by atoms with Crippen LogP contribution in [0.2, 0.25) is 0 Å². The van der Waals surface area contributed by atoms with Gasteiger partial charge >= 0.3 is 0 Å². The van der Waals surface area contributed by atoms with Crippen molar-refractivity contribution in [3.8, 4) is 0 Å². The second kappa shape index (κ2) is 13.4. The molecule has 0 aliphatic carbocycles. The van der Waals surface area contributed by atoms with Gasteiger partial charge in [0, 0.05) is 43.7 Å². The summed E-state index contributed by atoms with van der Waals surface area (Å²) in [7, 11) is 3.97. The van der Waals surface area contributed by atoms with Crippen LogP contribution in [-0.4, -0.2) is 52.8 Å². The minimum Gasteiger partial charge on any atom is -0.332 e. The Morgan fingerprint density at radius 1 is 0.789 bits per heavy atom. The van der Waals surface area contributed by atoms with Crippen LogP contribution >= 0.6 is 11.3 Å². The average Bonchev–Trinajstić information content (AvgIpc) is 3.37. The smallest absolute Gasteiger partial charge is 0.273 e. The van der Waals surface area contributed by atoms with Crippen molar-refractivity contribution in [2.45, 2.75) is 26.2 Å². The Balaban J connectivity index is 1.51. The molecule has 3 aromatic carbocycles. The van der Waals surface area contributed by atoms with Gasteiger partial charge in [0.2, 0.25) is 0 Å². The molecule has 0 N–H and O–H groups in total. The minimum absolute atomic E-state index is 0.114. The van der Waals surface area contributed by atoms with Gasteiger partial charge in [-0.15, -0.1) is 11.3 Å². The van der Waals surface area contributed by atoms with Crippen LogP contribution in [0.15, 0.2) is 84.2 Å². The first-order valence-electron chi connectivity index (χ1n) is 12.5. The number of benzene rings is 3. The summed E-state index contributed by atoms with van der Waals surface area (Å²) in [6, 6.07) is 22.9. The van der Waals surface area contributed by atoms with E-state index in [2.05, 4.69) is 4.98 Å². The van der Waals surface area contributed by atoms with Crippen molar-refractivity contribution in [3.05, 3.63) is 123 Å². The first-order valence-corrected chi connectivity index (χ1v) is 13.4. The number of rotatable bonds is 12. The standard InChI is InChI=1S/C30H32F2N4OS/c1-34(2)16-17-36(19-23-8-4-3-5-9-23)30(37)28-22-38-29(33-28)21-35(18-24-12-14-26(31)15-13-24)20-25-10-6-7-11-27(25)32/h3-15,22H,16-21H2,1-2H3. The molecule has 0 saturated heterocycles. The number of nitrogens with zero attached hydrogens (tertiary/aromatic N) is 4. The summed E-state index contributed by atoms with van der Waals surface area (Å²) in [6.07, 6.45) is 0. The van der Waals surface area contributed by atoms with Gasteiger partial charge in [0.25, 0.3) is 5.91 Å². The van der Waals surface area contributed by atoms with E-state index < -0.39 is 0 Å². The van der Waals surface area contributed by atoms with Gasteiger partial charge in [-0.25, -0.2) is 13.8 Å². The van der Waals surface area contributed by atoms with E-state index in [9.17, 15) is 13.6 Å². The molecule has 5 nitrogen and oxygen atoms in total. The van der Waals surface area contributed by atoms with Crippen LogP contribution in [0, 0.1) is 11.6 Å². The molecule has 4 aromatic rings. The molecule has 1 amide bonds. The Morgan fingerprint density at radius 3 is 2.18 bits per heavy atom. The number of aromatic nitrogens is 1. The Bertz CT molecular complexity index is 1310. The molecule has 0 saturated carbocycles. The molecule has 0 atom stereocenters.